The van der Waals surface area contributed by atoms with Crippen molar-refractivity contribution in [3.05, 3.63) is 94.5 Å². The van der Waals surface area contributed by atoms with E-state index in [0.29, 0.717) is 28.0 Å². The molecule has 6 nitrogen and oxygen atoms in total. The van der Waals surface area contributed by atoms with E-state index in [9.17, 15) is 14.0 Å². The summed E-state index contributed by atoms with van der Waals surface area (Å²) in [4.78, 5) is 24.5. The quantitative estimate of drug-likeness (QED) is 0.559. The number of rotatable bonds is 6. The number of hydrogen-bond acceptors (Lipinski definition) is 4. The zero-order valence-electron chi connectivity index (χ0n) is 17.6. The van der Waals surface area contributed by atoms with Gasteiger partial charge in [0.2, 0.25) is 0 Å². The Hall–Kier alpha value is -3.71. The molecule has 1 aliphatic heterocycles. The van der Waals surface area contributed by atoms with Crippen molar-refractivity contribution < 1.29 is 19.1 Å². The van der Waals surface area contributed by atoms with Gasteiger partial charge in [0.1, 0.15) is 5.82 Å². The van der Waals surface area contributed by atoms with E-state index in [1.54, 1.807) is 30.3 Å². The summed E-state index contributed by atoms with van der Waals surface area (Å²) in [5, 5.41) is 15.3. The molecule has 1 amide bonds. The van der Waals surface area contributed by atoms with E-state index in [2.05, 4.69) is 10.6 Å². The van der Waals surface area contributed by atoms with Crippen molar-refractivity contribution >= 4 is 23.1 Å². The maximum atomic E-state index is 14.2. The van der Waals surface area contributed by atoms with Gasteiger partial charge in [-0.3, -0.25) is 9.59 Å². The number of halogens is 1. The summed E-state index contributed by atoms with van der Waals surface area (Å²) in [6.45, 7) is 2.16. The zero-order valence-corrected chi connectivity index (χ0v) is 17.6. The van der Waals surface area contributed by atoms with Gasteiger partial charge >= 0.3 is 5.97 Å². The summed E-state index contributed by atoms with van der Waals surface area (Å²) in [6, 6.07) is 11.4. The number of benzene rings is 2. The Kier molecular flexibility index (Phi) is 5.92. The Morgan fingerprint density at radius 1 is 1.22 bits per heavy atom. The molecule has 0 radical (unpaired) electrons. The fourth-order valence-electron chi connectivity index (χ4n) is 4.26. The van der Waals surface area contributed by atoms with Crippen molar-refractivity contribution in [2.24, 2.45) is 11.7 Å². The number of nitrogens with two attached hydrogens (primary N) is 1. The third kappa shape index (κ3) is 4.20. The van der Waals surface area contributed by atoms with Crippen molar-refractivity contribution in [1.29, 1.82) is 0 Å². The van der Waals surface area contributed by atoms with E-state index in [1.807, 2.05) is 25.3 Å². The van der Waals surface area contributed by atoms with Gasteiger partial charge in [0.15, 0.2) is 0 Å². The zero-order chi connectivity index (χ0) is 22.8. The van der Waals surface area contributed by atoms with E-state index in [-0.39, 0.29) is 36.6 Å². The van der Waals surface area contributed by atoms with Crippen molar-refractivity contribution in [1.82, 2.24) is 5.32 Å². The van der Waals surface area contributed by atoms with Gasteiger partial charge in [-0.2, -0.15) is 0 Å². The number of nitrogens with one attached hydrogen (secondary N) is 2. The predicted octanol–water partition coefficient (Wildman–Crippen LogP) is 3.37. The highest BCUT2D eigenvalue weighted by atomic mass is 19.1. The monoisotopic (exact) mass is 433 g/mol. The first-order valence-electron chi connectivity index (χ1n) is 10.4. The van der Waals surface area contributed by atoms with Gasteiger partial charge in [-0.15, -0.1) is 0 Å². The molecule has 5 N–H and O–H groups in total. The van der Waals surface area contributed by atoms with Crippen molar-refractivity contribution in [2.75, 3.05) is 5.32 Å². The number of carboxylic acid groups (broad SMARTS) is 1. The van der Waals surface area contributed by atoms with Crippen LogP contribution in [0, 0.1) is 11.7 Å². The summed E-state index contributed by atoms with van der Waals surface area (Å²) < 4.78 is 14.2. The molecule has 164 valence electrons. The lowest BCUT2D eigenvalue weighted by atomic mass is 9.79. The topological polar surface area (TPSA) is 104 Å². The van der Waals surface area contributed by atoms with E-state index in [4.69, 9.17) is 10.8 Å². The molecule has 0 spiro atoms. The van der Waals surface area contributed by atoms with Crippen molar-refractivity contribution in [3.63, 3.8) is 0 Å². The number of carbonyl (C=O) groups is 2. The lowest BCUT2D eigenvalue weighted by molar-refractivity contribution is -0.136. The molecule has 1 heterocycles. The Morgan fingerprint density at radius 3 is 2.75 bits per heavy atom. The van der Waals surface area contributed by atoms with E-state index < -0.39 is 5.97 Å². The molecule has 2 atom stereocenters. The number of para-hydroxylation sites is 1. The molecule has 0 saturated carbocycles. The van der Waals surface area contributed by atoms with Gasteiger partial charge < -0.3 is 21.5 Å². The maximum Gasteiger partial charge on any atom is 0.307 e. The number of hydrogen-bond donors (Lipinski definition) is 4. The third-order valence-corrected chi connectivity index (χ3v) is 5.85. The molecule has 2 aromatic carbocycles. The van der Waals surface area contributed by atoms with Crippen LogP contribution >= 0.6 is 0 Å². The molecule has 2 aromatic rings. The van der Waals surface area contributed by atoms with Gasteiger partial charge in [-0.25, -0.2) is 4.39 Å². The van der Waals surface area contributed by atoms with Gasteiger partial charge in [0.25, 0.3) is 5.91 Å². The fourth-order valence-corrected chi connectivity index (χ4v) is 4.26. The molecule has 0 fully saturated rings. The summed E-state index contributed by atoms with van der Waals surface area (Å²) in [7, 11) is 0. The van der Waals surface area contributed by atoms with Crippen LogP contribution in [0.1, 0.15) is 23.6 Å². The molecule has 0 saturated heterocycles. The molecule has 32 heavy (non-hydrogen) atoms. The average Bonchev–Trinajstić information content (AvgIpc) is 3.25. The minimum atomic E-state index is -0.977. The van der Waals surface area contributed by atoms with Crippen LogP contribution in [0.15, 0.2) is 72.0 Å². The van der Waals surface area contributed by atoms with Gasteiger partial charge in [-0.1, -0.05) is 25.1 Å². The number of fused-ring (bicyclic) bond motifs is 1. The second kappa shape index (κ2) is 8.80. The molecular weight excluding hydrogens is 409 g/mol. The fraction of sp³-hybridized carbons (Fsp3) is 0.200. The number of aliphatic carboxylic acids is 1. The molecular formula is C25H24FN3O3. The molecule has 1 aliphatic carbocycles. The summed E-state index contributed by atoms with van der Waals surface area (Å²) >= 11 is 0. The first kappa shape index (κ1) is 21.5. The highest BCUT2D eigenvalue weighted by Crippen LogP contribution is 2.38. The van der Waals surface area contributed by atoms with Crippen molar-refractivity contribution in [2.45, 2.75) is 25.9 Å². The first-order chi connectivity index (χ1) is 15.4. The lowest BCUT2D eigenvalue weighted by Gasteiger charge is -2.30. The SMILES string of the molecule is CC1C(C(=O)Nc2ccccc2CC(=O)O)=CC(c2cc(F)cc(CN)c2)=C2C=CNC21. The van der Waals surface area contributed by atoms with Gasteiger partial charge in [-0.05, 0) is 70.5 Å². The number of carboxylic acids is 1. The average molecular weight is 433 g/mol. The second-order valence-electron chi connectivity index (χ2n) is 7.97. The van der Waals surface area contributed by atoms with Crippen LogP contribution in [0.2, 0.25) is 0 Å². The van der Waals surface area contributed by atoms with Crippen LogP contribution in [-0.4, -0.2) is 23.0 Å². The highest BCUT2D eigenvalue weighted by molar-refractivity contribution is 6.07. The molecule has 4 rings (SSSR count). The van der Waals surface area contributed by atoms with Gasteiger partial charge in [0, 0.05) is 23.7 Å². The molecule has 0 aromatic heterocycles. The van der Waals surface area contributed by atoms with Gasteiger partial charge in [0.05, 0.1) is 12.5 Å². The number of amides is 1. The standard InChI is InChI=1S/C25H24FN3O3/c1-14-20(25(32)29-22-5-3-2-4-16(22)11-23(30)31)12-21(19-6-7-28-24(14)19)17-8-15(13-27)9-18(26)10-17/h2-10,12,14,24,28H,11,13,27H2,1H3,(H,29,32)(H,30,31). The van der Waals surface area contributed by atoms with Crippen LogP contribution in [0.5, 0.6) is 0 Å². The Bertz CT molecular complexity index is 1180. The maximum absolute atomic E-state index is 14.2. The molecule has 2 unspecified atom stereocenters. The Morgan fingerprint density at radius 2 is 2.00 bits per heavy atom. The third-order valence-electron chi connectivity index (χ3n) is 5.85. The summed E-state index contributed by atoms with van der Waals surface area (Å²) in [5.74, 6) is -1.84. The summed E-state index contributed by atoms with van der Waals surface area (Å²) in [6.07, 6.45) is 5.37. The Balaban J connectivity index is 1.72. The van der Waals surface area contributed by atoms with E-state index >= 15 is 0 Å². The minimum absolute atomic E-state index is 0.130. The number of allylic oxidation sites excluding steroid dienone is 2. The van der Waals surface area contributed by atoms with Crippen LogP contribution < -0.4 is 16.4 Å². The van der Waals surface area contributed by atoms with Crippen molar-refractivity contribution in [3.8, 4) is 0 Å². The normalized spacial score (nSPS) is 19.3. The van der Waals surface area contributed by atoms with Crippen LogP contribution in [0.4, 0.5) is 10.1 Å². The second-order valence-corrected chi connectivity index (χ2v) is 7.97. The number of anilines is 1. The van der Waals surface area contributed by atoms with Crippen LogP contribution in [-0.2, 0) is 22.6 Å². The first-order valence-corrected chi connectivity index (χ1v) is 10.4. The van der Waals surface area contributed by atoms with Crippen LogP contribution in [0.3, 0.4) is 0 Å². The van der Waals surface area contributed by atoms with E-state index in [0.717, 1.165) is 11.1 Å². The highest BCUT2D eigenvalue weighted by Gasteiger charge is 2.34. The Labute approximate surface area is 185 Å². The van der Waals surface area contributed by atoms with E-state index in [1.165, 1.54) is 12.1 Å². The molecule has 7 heteroatoms. The number of carbonyl (C=O) groups excluding carboxylic acids is 1. The smallest absolute Gasteiger partial charge is 0.307 e. The predicted molar refractivity (Wildman–Crippen MR) is 121 cm³/mol. The van der Waals surface area contributed by atoms with Crippen LogP contribution in [0.25, 0.3) is 5.57 Å². The molecule has 0 bridgehead atoms. The summed E-state index contributed by atoms with van der Waals surface area (Å²) in [5.41, 5.74) is 10.3. The lowest BCUT2D eigenvalue weighted by Crippen LogP contribution is -2.36. The largest absolute Gasteiger partial charge is 0.481 e. The molecule has 2 aliphatic rings. The minimum Gasteiger partial charge on any atom is -0.481 e.